The van der Waals surface area contributed by atoms with E-state index in [4.69, 9.17) is 0 Å². The number of anilines is 1. The SMILES string of the molecule is CCC(CC)(c1ccc(NC(=O)C=Cc2cnn(C)c2-c2ccccc2F)cc1)P(=O)(O)O. The van der Waals surface area contributed by atoms with Crippen LogP contribution in [-0.2, 0) is 21.6 Å². The van der Waals surface area contributed by atoms with E-state index in [2.05, 4.69) is 10.4 Å². The minimum absolute atomic E-state index is 0.289. The molecule has 0 spiro atoms. The number of aromatic nitrogens is 2. The Hall–Kier alpha value is -3.06. The fourth-order valence-electron chi connectivity index (χ4n) is 4.01. The van der Waals surface area contributed by atoms with Crippen molar-refractivity contribution in [3.05, 3.63) is 77.7 Å². The number of rotatable bonds is 8. The van der Waals surface area contributed by atoms with Gasteiger partial charge in [0, 0.05) is 29.9 Å². The minimum Gasteiger partial charge on any atom is -0.324 e. The first-order valence-electron chi connectivity index (χ1n) is 10.5. The molecule has 0 aliphatic rings. The summed E-state index contributed by atoms with van der Waals surface area (Å²) in [6.07, 6.45) is 5.02. The predicted molar refractivity (Wildman–Crippen MR) is 127 cm³/mol. The normalized spacial score (nSPS) is 12.3. The summed E-state index contributed by atoms with van der Waals surface area (Å²) in [5.41, 5.74) is 2.54. The second-order valence-corrected chi connectivity index (χ2v) is 9.68. The Bertz CT molecular complexity index is 1210. The van der Waals surface area contributed by atoms with E-state index in [0.29, 0.717) is 28.1 Å². The Balaban J connectivity index is 1.78. The van der Waals surface area contributed by atoms with Crippen molar-refractivity contribution in [3.8, 4) is 11.3 Å². The van der Waals surface area contributed by atoms with Crippen molar-refractivity contribution in [2.45, 2.75) is 31.8 Å². The second-order valence-electron chi connectivity index (χ2n) is 7.73. The van der Waals surface area contributed by atoms with Gasteiger partial charge >= 0.3 is 7.60 Å². The van der Waals surface area contributed by atoms with Gasteiger partial charge in [-0.25, -0.2) is 4.39 Å². The van der Waals surface area contributed by atoms with Crippen LogP contribution in [0, 0.1) is 5.82 Å². The van der Waals surface area contributed by atoms with Crippen LogP contribution >= 0.6 is 7.60 Å². The summed E-state index contributed by atoms with van der Waals surface area (Å²) in [4.78, 5) is 32.2. The van der Waals surface area contributed by atoms with Crippen molar-refractivity contribution >= 4 is 25.3 Å². The molecule has 0 fully saturated rings. The largest absolute Gasteiger partial charge is 0.335 e. The number of hydrogen-bond acceptors (Lipinski definition) is 3. The average Bonchev–Trinajstić information content (AvgIpc) is 3.14. The Morgan fingerprint density at radius 3 is 2.36 bits per heavy atom. The van der Waals surface area contributed by atoms with Crippen LogP contribution in [0.15, 0.2) is 60.8 Å². The van der Waals surface area contributed by atoms with Gasteiger partial charge in [-0.2, -0.15) is 5.10 Å². The molecule has 0 unspecified atom stereocenters. The first kappa shape index (κ1) is 24.6. The van der Waals surface area contributed by atoms with Crippen molar-refractivity contribution in [2.75, 3.05) is 5.32 Å². The molecule has 7 nitrogen and oxygen atoms in total. The summed E-state index contributed by atoms with van der Waals surface area (Å²) in [6.45, 7) is 3.49. The number of carbonyl (C=O) groups excluding carboxylic acids is 1. The maximum absolute atomic E-state index is 14.2. The van der Waals surface area contributed by atoms with Gasteiger partial charge in [0.25, 0.3) is 0 Å². The number of halogens is 1. The number of aryl methyl sites for hydroxylation is 1. The van der Waals surface area contributed by atoms with Crippen LogP contribution in [0.25, 0.3) is 17.3 Å². The number of amides is 1. The number of benzene rings is 2. The zero-order chi connectivity index (χ0) is 24.2. The first-order chi connectivity index (χ1) is 15.6. The van der Waals surface area contributed by atoms with E-state index in [1.165, 1.54) is 12.1 Å². The van der Waals surface area contributed by atoms with Crippen molar-refractivity contribution in [1.82, 2.24) is 9.78 Å². The van der Waals surface area contributed by atoms with Crippen molar-refractivity contribution in [1.29, 1.82) is 0 Å². The number of nitrogens with zero attached hydrogens (tertiary/aromatic N) is 2. The third-order valence-electron chi connectivity index (χ3n) is 5.93. The molecular weight excluding hydrogens is 444 g/mol. The van der Waals surface area contributed by atoms with Gasteiger partial charge in [0.15, 0.2) is 0 Å². The number of hydrogen-bond donors (Lipinski definition) is 3. The summed E-state index contributed by atoms with van der Waals surface area (Å²) in [5, 5.41) is 5.64. The van der Waals surface area contributed by atoms with Gasteiger partial charge in [-0.05, 0) is 48.7 Å². The van der Waals surface area contributed by atoms with Gasteiger partial charge in [0.1, 0.15) is 5.82 Å². The molecule has 1 aromatic heterocycles. The zero-order valence-corrected chi connectivity index (χ0v) is 19.6. The molecule has 1 heterocycles. The first-order valence-corrected chi connectivity index (χ1v) is 12.2. The summed E-state index contributed by atoms with van der Waals surface area (Å²) >= 11 is 0. The highest BCUT2D eigenvalue weighted by atomic mass is 31.2. The molecular formula is C24H27FN3O4P. The lowest BCUT2D eigenvalue weighted by molar-refractivity contribution is -0.111. The summed E-state index contributed by atoms with van der Waals surface area (Å²) in [6, 6.07) is 12.8. The maximum Gasteiger partial charge on any atom is 0.335 e. The second kappa shape index (κ2) is 9.83. The summed E-state index contributed by atoms with van der Waals surface area (Å²) in [5.74, 6) is -0.788. The molecule has 0 saturated heterocycles. The molecule has 1 amide bonds. The molecule has 9 heteroatoms. The smallest absolute Gasteiger partial charge is 0.324 e. The fourth-order valence-corrected chi connectivity index (χ4v) is 5.32. The van der Waals surface area contributed by atoms with E-state index in [9.17, 15) is 23.5 Å². The number of carbonyl (C=O) groups is 1. The van der Waals surface area contributed by atoms with Crippen LogP contribution in [0.3, 0.4) is 0 Å². The minimum atomic E-state index is -4.38. The average molecular weight is 471 g/mol. The molecule has 2 aromatic carbocycles. The molecule has 33 heavy (non-hydrogen) atoms. The predicted octanol–water partition coefficient (Wildman–Crippen LogP) is 5.07. The Labute approximate surface area is 192 Å². The highest BCUT2D eigenvalue weighted by Gasteiger charge is 2.45. The van der Waals surface area contributed by atoms with E-state index in [1.54, 1.807) is 80.3 Å². The van der Waals surface area contributed by atoms with Crippen LogP contribution in [0.1, 0.15) is 37.8 Å². The lowest BCUT2D eigenvalue weighted by Gasteiger charge is -2.33. The van der Waals surface area contributed by atoms with Gasteiger partial charge in [0.2, 0.25) is 5.91 Å². The van der Waals surface area contributed by atoms with Crippen molar-refractivity contribution < 1.29 is 23.5 Å². The highest BCUT2D eigenvalue weighted by molar-refractivity contribution is 7.53. The van der Waals surface area contributed by atoms with E-state index in [0.717, 1.165) is 0 Å². The van der Waals surface area contributed by atoms with Gasteiger partial charge in [-0.1, -0.05) is 38.1 Å². The molecule has 0 saturated carbocycles. The fraction of sp³-hybridized carbons (Fsp3) is 0.250. The topological polar surface area (TPSA) is 104 Å². The monoisotopic (exact) mass is 471 g/mol. The lowest BCUT2D eigenvalue weighted by Crippen LogP contribution is -2.24. The van der Waals surface area contributed by atoms with Crippen molar-refractivity contribution in [3.63, 3.8) is 0 Å². The van der Waals surface area contributed by atoms with E-state index in [-0.39, 0.29) is 18.7 Å². The number of nitrogens with one attached hydrogen (secondary N) is 1. The Morgan fingerprint density at radius 2 is 1.79 bits per heavy atom. The maximum atomic E-state index is 14.2. The summed E-state index contributed by atoms with van der Waals surface area (Å²) < 4.78 is 27.9. The van der Waals surface area contributed by atoms with Gasteiger partial charge in [-0.15, -0.1) is 0 Å². The standard InChI is InChI=1S/C24H27FN3O4P/c1-4-24(5-2,33(30,31)32)18-11-13-19(14-12-18)27-22(29)15-10-17-16-26-28(3)23(17)20-8-6-7-9-21(20)25/h6-16H,4-5H2,1-3H3,(H,27,29)(H2,30,31,32). The molecule has 3 aromatic rings. The third kappa shape index (κ3) is 4.98. The molecule has 0 atom stereocenters. The zero-order valence-electron chi connectivity index (χ0n) is 18.7. The van der Waals surface area contributed by atoms with Crippen LogP contribution in [0.5, 0.6) is 0 Å². The van der Waals surface area contributed by atoms with E-state index < -0.39 is 18.7 Å². The third-order valence-corrected chi connectivity index (χ3v) is 7.93. The van der Waals surface area contributed by atoms with Crippen LogP contribution < -0.4 is 5.32 Å². The molecule has 0 aliphatic carbocycles. The van der Waals surface area contributed by atoms with Gasteiger partial charge < -0.3 is 15.1 Å². The van der Waals surface area contributed by atoms with E-state index in [1.807, 2.05) is 0 Å². The molecule has 0 bridgehead atoms. The van der Waals surface area contributed by atoms with E-state index >= 15 is 0 Å². The Kier molecular flexibility index (Phi) is 7.32. The lowest BCUT2D eigenvalue weighted by atomic mass is 9.92. The molecule has 174 valence electrons. The van der Waals surface area contributed by atoms with Gasteiger partial charge in [-0.3, -0.25) is 14.0 Å². The highest BCUT2D eigenvalue weighted by Crippen LogP contribution is 2.60. The molecule has 3 rings (SSSR count). The van der Waals surface area contributed by atoms with Crippen LogP contribution in [0.2, 0.25) is 0 Å². The van der Waals surface area contributed by atoms with Crippen molar-refractivity contribution in [2.24, 2.45) is 7.05 Å². The van der Waals surface area contributed by atoms with Crippen LogP contribution in [0.4, 0.5) is 10.1 Å². The van der Waals surface area contributed by atoms with Crippen LogP contribution in [-0.4, -0.2) is 25.5 Å². The summed E-state index contributed by atoms with van der Waals surface area (Å²) in [7, 11) is -2.68. The molecule has 3 N–H and O–H groups in total. The Morgan fingerprint density at radius 1 is 1.15 bits per heavy atom. The molecule has 0 aliphatic heterocycles. The molecule has 0 radical (unpaired) electrons. The quantitative estimate of drug-likeness (QED) is 0.314. The van der Waals surface area contributed by atoms with Gasteiger partial charge in [0.05, 0.1) is 17.0 Å².